The molecule has 0 bridgehead atoms. The van der Waals surface area contributed by atoms with E-state index >= 15 is 0 Å². The molecule has 18 heteroatoms. The maximum absolute atomic E-state index is 13.0. The normalized spacial score (nSPS) is 15.0. The molecule has 0 aromatic heterocycles. The van der Waals surface area contributed by atoms with Crippen molar-refractivity contribution in [1.29, 1.82) is 0 Å². The molecule has 0 saturated carbocycles. The van der Waals surface area contributed by atoms with Crippen LogP contribution in [0, 0.1) is 0 Å². The molecule has 0 heterocycles. The SMILES string of the molecule is CC/C=C\C/C=C\C/C=C\C/C=C\C/C=C\CCCCCCCCCCCCCCCC(=O)OCC(O)COP(=O)(O)OCC(O)COP(=O)(O)OCC(COC(=O)CCCCC/C=C\C/C=C\C/C=C\C/C=C\C/C=C\CC)OC(=O)CCCCC/C=C\C/C=C\C/C=C\C/C=C\C/C=C\CC. The van der Waals surface area contributed by atoms with E-state index in [4.69, 9.17) is 32.3 Å². The van der Waals surface area contributed by atoms with Gasteiger partial charge in [-0.15, -0.1) is 0 Å². The summed E-state index contributed by atoms with van der Waals surface area (Å²) in [5.74, 6) is -1.66. The molecular weight excluding hydrogens is 1340 g/mol. The van der Waals surface area contributed by atoms with Crippen LogP contribution in [-0.2, 0) is 55.8 Å². The number of phosphoric acid groups is 2. The summed E-state index contributed by atoms with van der Waals surface area (Å²) in [7, 11) is -9.83. The van der Waals surface area contributed by atoms with Crippen LogP contribution < -0.4 is 0 Å². The van der Waals surface area contributed by atoms with E-state index in [1.807, 2.05) is 0 Å². The summed E-state index contributed by atoms with van der Waals surface area (Å²) < 4.78 is 61.1. The largest absolute Gasteiger partial charge is 0.472 e. The molecule has 0 saturated heterocycles. The number of hydrogen-bond acceptors (Lipinski definition) is 14. The first kappa shape index (κ1) is 97.7. The number of carbonyl (C=O) groups excluding carboxylic acids is 3. The maximum Gasteiger partial charge on any atom is 0.472 e. The van der Waals surface area contributed by atoms with Crippen LogP contribution in [-0.4, -0.2) is 95.9 Å². The second kappa shape index (κ2) is 76.3. The van der Waals surface area contributed by atoms with Gasteiger partial charge in [-0.1, -0.05) is 287 Å². The van der Waals surface area contributed by atoms with Crippen molar-refractivity contribution in [3.8, 4) is 0 Å². The number of phosphoric ester groups is 2. The molecule has 0 radical (unpaired) electrons. The highest BCUT2D eigenvalue weighted by Gasteiger charge is 2.29. The van der Waals surface area contributed by atoms with Crippen LogP contribution in [0.2, 0.25) is 0 Å². The first-order chi connectivity index (χ1) is 50.2. The number of aliphatic hydroxyl groups is 2. The van der Waals surface area contributed by atoms with Gasteiger partial charge >= 0.3 is 33.6 Å². The number of rotatable bonds is 72. The third kappa shape index (κ3) is 77.6. The summed E-state index contributed by atoms with van der Waals surface area (Å²) in [5.41, 5.74) is 0. The van der Waals surface area contributed by atoms with Gasteiger partial charge in [0.1, 0.15) is 25.4 Å². The highest BCUT2D eigenvalue weighted by molar-refractivity contribution is 7.47. The van der Waals surface area contributed by atoms with Crippen LogP contribution in [0.15, 0.2) is 182 Å². The Bertz CT molecular complexity index is 2600. The fourth-order valence-corrected chi connectivity index (χ4v) is 11.4. The first-order valence-corrected chi connectivity index (χ1v) is 42.1. The van der Waals surface area contributed by atoms with Crippen LogP contribution in [0.4, 0.5) is 0 Å². The van der Waals surface area contributed by atoms with Gasteiger partial charge in [0.2, 0.25) is 0 Å². The van der Waals surface area contributed by atoms with Crippen LogP contribution in [0.3, 0.4) is 0 Å². The Morgan fingerprint density at radius 3 is 0.777 bits per heavy atom. The topological polar surface area (TPSA) is 231 Å². The summed E-state index contributed by atoms with van der Waals surface area (Å²) in [6.07, 6.45) is 98.0. The minimum absolute atomic E-state index is 0.0507. The number of carbonyl (C=O) groups is 3. The van der Waals surface area contributed by atoms with Crippen molar-refractivity contribution in [1.82, 2.24) is 0 Å². The molecule has 0 amide bonds. The van der Waals surface area contributed by atoms with Crippen molar-refractivity contribution in [3.05, 3.63) is 182 Å². The number of unbranched alkanes of at least 4 members (excludes halogenated alkanes) is 19. The fourth-order valence-electron chi connectivity index (χ4n) is 9.77. The third-order valence-electron chi connectivity index (χ3n) is 15.6. The summed E-state index contributed by atoms with van der Waals surface area (Å²) >= 11 is 0. The van der Waals surface area contributed by atoms with Gasteiger partial charge in [-0.25, -0.2) is 9.13 Å². The predicted molar refractivity (Wildman–Crippen MR) is 426 cm³/mol. The highest BCUT2D eigenvalue weighted by Crippen LogP contribution is 2.45. The first-order valence-electron chi connectivity index (χ1n) is 39.1. The van der Waals surface area contributed by atoms with Crippen LogP contribution >= 0.6 is 15.6 Å². The lowest BCUT2D eigenvalue weighted by molar-refractivity contribution is -0.161. The molecule has 16 nitrogen and oxygen atoms in total. The molecule has 5 unspecified atom stereocenters. The summed E-state index contributed by atoms with van der Waals surface area (Å²) in [4.78, 5) is 58.6. The van der Waals surface area contributed by atoms with E-state index in [0.29, 0.717) is 19.3 Å². The van der Waals surface area contributed by atoms with Gasteiger partial charge in [0.15, 0.2) is 6.10 Å². The van der Waals surface area contributed by atoms with Crippen molar-refractivity contribution >= 4 is 33.6 Å². The predicted octanol–water partition coefficient (Wildman–Crippen LogP) is 23.0. The van der Waals surface area contributed by atoms with E-state index in [0.717, 1.165) is 161 Å². The van der Waals surface area contributed by atoms with Crippen molar-refractivity contribution in [2.45, 2.75) is 296 Å². The summed E-state index contributed by atoms with van der Waals surface area (Å²) in [5, 5.41) is 20.6. The molecule has 0 aliphatic heterocycles. The Hall–Kier alpha value is -5.35. The van der Waals surface area contributed by atoms with Gasteiger partial charge in [-0.3, -0.25) is 32.5 Å². The minimum atomic E-state index is -4.96. The molecule has 5 atom stereocenters. The van der Waals surface area contributed by atoms with Gasteiger partial charge in [0.25, 0.3) is 0 Å². The lowest BCUT2D eigenvalue weighted by Gasteiger charge is -2.21. The van der Waals surface area contributed by atoms with Crippen LogP contribution in [0.25, 0.3) is 0 Å². The van der Waals surface area contributed by atoms with E-state index in [-0.39, 0.29) is 19.3 Å². The number of ether oxygens (including phenoxy) is 3. The van der Waals surface area contributed by atoms with Gasteiger partial charge < -0.3 is 34.2 Å². The number of allylic oxidation sites excluding steroid dienone is 30. The molecule has 0 fully saturated rings. The van der Waals surface area contributed by atoms with Crippen molar-refractivity contribution in [2.75, 3.05) is 39.6 Å². The molecule has 0 aromatic carbocycles. The minimum Gasteiger partial charge on any atom is -0.463 e. The Labute approximate surface area is 624 Å². The fraction of sp³-hybridized carbons (Fsp3) is 0.612. The smallest absolute Gasteiger partial charge is 0.463 e. The zero-order valence-electron chi connectivity index (χ0n) is 63.7. The molecule has 0 aromatic rings. The number of hydrogen-bond donors (Lipinski definition) is 4. The standard InChI is InChI=1S/C85H138O16P2/c1-4-7-10-13-16-19-22-25-28-31-34-35-36-37-38-39-40-41-42-43-46-48-50-53-56-59-62-65-68-71-83(88)95-74-80(86)75-97-102(91,92)98-76-81(87)77-99-103(93,94)100-79-82(101-85(90)73-70-67-64-61-58-55-52-49-45-33-30-27-24-21-18-15-12-9-6-3)78-96-84(89)72-69-66-63-60-57-54-51-47-44-32-29-26-23-20-17-14-11-8-5-2/h7-12,16-21,25-30,34-35,37-38,44-45,47,49,54-55,57-58,80-82,86-87H,4-6,13-15,22-24,31-33,36,39-43,46,48,50-53,56,59-79H2,1-3H3,(H,91,92)(H,93,94)/b10-7-,11-8-,12-9-,19-16-,20-17-,21-18-,28-25-,29-26-,30-27-,35-34-,38-37-,47-44-,49-45-,57-54-,58-55-. The Balaban J connectivity index is 4.64. The van der Waals surface area contributed by atoms with E-state index in [1.165, 1.54) is 57.8 Å². The van der Waals surface area contributed by atoms with Gasteiger partial charge in [-0.2, -0.15) is 0 Å². The summed E-state index contributed by atoms with van der Waals surface area (Å²) in [6, 6.07) is 0. The molecule has 584 valence electrons. The zero-order valence-corrected chi connectivity index (χ0v) is 65.5. The summed E-state index contributed by atoms with van der Waals surface area (Å²) in [6.45, 7) is 2.24. The lowest BCUT2D eigenvalue weighted by atomic mass is 10.0. The third-order valence-corrected chi connectivity index (χ3v) is 17.5. The van der Waals surface area contributed by atoms with E-state index in [1.54, 1.807) is 0 Å². The Morgan fingerprint density at radius 2 is 0.485 bits per heavy atom. The van der Waals surface area contributed by atoms with Crippen LogP contribution in [0.5, 0.6) is 0 Å². The molecule has 0 aliphatic carbocycles. The van der Waals surface area contributed by atoms with E-state index in [2.05, 4.69) is 203 Å². The monoisotopic (exact) mass is 1480 g/mol. The average Bonchev–Trinajstić information content (AvgIpc) is 0.918. The lowest BCUT2D eigenvalue weighted by Crippen LogP contribution is -2.30. The van der Waals surface area contributed by atoms with Crippen molar-refractivity contribution < 1.29 is 75.8 Å². The van der Waals surface area contributed by atoms with Gasteiger partial charge in [0.05, 0.1) is 26.4 Å². The maximum atomic E-state index is 13.0. The molecule has 103 heavy (non-hydrogen) atoms. The van der Waals surface area contributed by atoms with Gasteiger partial charge in [-0.05, 0) is 154 Å². The molecular formula is C85H138O16P2. The molecule has 0 spiro atoms. The van der Waals surface area contributed by atoms with E-state index in [9.17, 15) is 43.5 Å². The zero-order chi connectivity index (χ0) is 75.2. The Kier molecular flexibility index (Phi) is 72.3. The average molecular weight is 1480 g/mol. The Morgan fingerprint density at radius 1 is 0.272 bits per heavy atom. The number of esters is 3. The van der Waals surface area contributed by atoms with E-state index < -0.39 is 91.5 Å². The molecule has 0 rings (SSSR count). The van der Waals surface area contributed by atoms with Crippen molar-refractivity contribution in [3.63, 3.8) is 0 Å². The molecule has 4 N–H and O–H groups in total. The quantitative estimate of drug-likeness (QED) is 0.0146. The second-order valence-corrected chi connectivity index (χ2v) is 28.3. The van der Waals surface area contributed by atoms with Crippen LogP contribution in [0.1, 0.15) is 278 Å². The second-order valence-electron chi connectivity index (χ2n) is 25.4. The van der Waals surface area contributed by atoms with Crippen molar-refractivity contribution in [2.24, 2.45) is 0 Å². The highest BCUT2D eigenvalue weighted by atomic mass is 31.2. The molecule has 0 aliphatic rings. The van der Waals surface area contributed by atoms with Gasteiger partial charge in [0, 0.05) is 19.3 Å². The number of aliphatic hydroxyl groups excluding tert-OH is 2.